The van der Waals surface area contributed by atoms with Gasteiger partial charge in [-0.15, -0.1) is 11.3 Å². The number of morpholine rings is 1. The number of nitrogens with zero attached hydrogens (tertiary/aromatic N) is 1. The van der Waals surface area contributed by atoms with Gasteiger partial charge in [-0.2, -0.15) is 0 Å². The molecule has 2 heterocycles. The second-order valence-corrected chi connectivity index (χ2v) is 7.12. The molecule has 0 saturated carbocycles. The van der Waals surface area contributed by atoms with Crippen LogP contribution >= 0.6 is 11.3 Å². The molecule has 2 N–H and O–H groups in total. The van der Waals surface area contributed by atoms with Crippen molar-refractivity contribution in [1.29, 1.82) is 0 Å². The third-order valence-electron chi connectivity index (χ3n) is 4.38. The van der Waals surface area contributed by atoms with Crippen LogP contribution in [-0.4, -0.2) is 42.5 Å². The topological polar surface area (TPSA) is 72.6 Å². The van der Waals surface area contributed by atoms with Gasteiger partial charge in [0.2, 0.25) is 5.91 Å². The lowest BCUT2D eigenvalue weighted by molar-refractivity contribution is -0.133. The molecule has 0 bridgehead atoms. The van der Waals surface area contributed by atoms with Gasteiger partial charge in [-0.25, -0.2) is 0 Å². The van der Waals surface area contributed by atoms with E-state index in [9.17, 15) is 9.59 Å². The molecule has 1 aromatic rings. The van der Waals surface area contributed by atoms with Crippen LogP contribution in [0.4, 0.5) is 0 Å². The Morgan fingerprint density at radius 1 is 1.23 bits per heavy atom. The minimum absolute atomic E-state index is 0.00583. The van der Waals surface area contributed by atoms with E-state index in [1.807, 2.05) is 0 Å². The van der Waals surface area contributed by atoms with Crippen LogP contribution in [0.15, 0.2) is 6.07 Å². The highest BCUT2D eigenvalue weighted by atomic mass is 32.1. The quantitative estimate of drug-likeness (QED) is 0.901. The number of rotatable bonds is 2. The number of nitrogens with two attached hydrogens (primary N) is 1. The molecule has 0 radical (unpaired) electrons. The molecule has 1 aromatic heterocycles. The van der Waals surface area contributed by atoms with Crippen LogP contribution in [0.25, 0.3) is 0 Å². The van der Waals surface area contributed by atoms with Gasteiger partial charge in [0.25, 0.3) is 5.91 Å². The number of amides is 2. The van der Waals surface area contributed by atoms with Crippen molar-refractivity contribution in [3.8, 4) is 0 Å². The van der Waals surface area contributed by atoms with Gasteiger partial charge in [-0.3, -0.25) is 9.59 Å². The van der Waals surface area contributed by atoms with Gasteiger partial charge in [0, 0.05) is 11.4 Å². The summed E-state index contributed by atoms with van der Waals surface area (Å²) in [6.07, 6.45) is 6.46. The number of carbonyl (C=O) groups is 2. The molecule has 0 aromatic carbocycles. The van der Waals surface area contributed by atoms with E-state index in [2.05, 4.69) is 6.07 Å². The number of thiophene rings is 1. The summed E-state index contributed by atoms with van der Waals surface area (Å²) in [7, 11) is 0. The molecule has 2 aliphatic rings. The van der Waals surface area contributed by atoms with Crippen molar-refractivity contribution >= 4 is 23.2 Å². The van der Waals surface area contributed by atoms with Gasteiger partial charge in [0.05, 0.1) is 18.0 Å². The fourth-order valence-electron chi connectivity index (χ4n) is 3.11. The minimum atomic E-state index is -0.682. The average molecular weight is 322 g/mol. The summed E-state index contributed by atoms with van der Waals surface area (Å²) in [6.45, 7) is 1.15. The first-order valence-corrected chi connectivity index (χ1v) is 8.78. The SMILES string of the molecule is NC(=O)[C@@H]1CN(C(=O)c2cc3c(s2)CCCCCC3)CCO1. The Hall–Kier alpha value is -1.40. The molecule has 0 unspecified atom stereocenters. The first-order chi connectivity index (χ1) is 10.6. The number of fused-ring (bicyclic) bond motifs is 1. The lowest BCUT2D eigenvalue weighted by Gasteiger charge is -2.31. The third kappa shape index (κ3) is 3.33. The Morgan fingerprint density at radius 3 is 2.77 bits per heavy atom. The van der Waals surface area contributed by atoms with Gasteiger partial charge >= 0.3 is 0 Å². The summed E-state index contributed by atoms with van der Waals surface area (Å²) in [6, 6.07) is 2.06. The molecule has 1 fully saturated rings. The largest absolute Gasteiger partial charge is 0.367 e. The number of hydrogen-bond donors (Lipinski definition) is 1. The zero-order chi connectivity index (χ0) is 15.5. The molecule has 0 spiro atoms. The molecule has 6 heteroatoms. The molecule has 1 saturated heterocycles. The van der Waals surface area contributed by atoms with E-state index in [-0.39, 0.29) is 12.5 Å². The number of carbonyl (C=O) groups excluding carboxylic acids is 2. The Labute approximate surface area is 134 Å². The van der Waals surface area contributed by atoms with Crippen LogP contribution in [0.5, 0.6) is 0 Å². The molecular weight excluding hydrogens is 300 g/mol. The van der Waals surface area contributed by atoms with Gasteiger partial charge in [0.15, 0.2) is 6.10 Å². The highest BCUT2D eigenvalue weighted by Gasteiger charge is 2.29. The monoisotopic (exact) mass is 322 g/mol. The first-order valence-electron chi connectivity index (χ1n) is 7.97. The number of aryl methyl sites for hydroxylation is 2. The number of ether oxygens (including phenoxy) is 1. The van der Waals surface area contributed by atoms with Crippen LogP contribution in [0.1, 0.15) is 45.8 Å². The van der Waals surface area contributed by atoms with E-state index in [4.69, 9.17) is 10.5 Å². The third-order valence-corrected chi connectivity index (χ3v) is 5.60. The Bertz CT molecular complexity index is 544. The van der Waals surface area contributed by atoms with Gasteiger partial charge in [-0.05, 0) is 37.3 Å². The van der Waals surface area contributed by atoms with Gasteiger partial charge in [-0.1, -0.05) is 12.8 Å². The minimum Gasteiger partial charge on any atom is -0.367 e. The summed E-state index contributed by atoms with van der Waals surface area (Å²) in [5.74, 6) is -0.498. The lowest BCUT2D eigenvalue weighted by Crippen LogP contribution is -2.50. The lowest BCUT2D eigenvalue weighted by atomic mass is 10.00. The van der Waals surface area contributed by atoms with Gasteiger partial charge in [0.1, 0.15) is 0 Å². The van der Waals surface area contributed by atoms with E-state index in [0.717, 1.165) is 17.7 Å². The zero-order valence-corrected chi connectivity index (χ0v) is 13.5. The van der Waals surface area contributed by atoms with Crippen molar-refractivity contribution in [3.63, 3.8) is 0 Å². The Balaban J connectivity index is 1.74. The van der Waals surface area contributed by atoms with Crippen molar-refractivity contribution in [3.05, 3.63) is 21.4 Å². The molecule has 120 valence electrons. The van der Waals surface area contributed by atoms with Crippen LogP contribution in [0.3, 0.4) is 0 Å². The van der Waals surface area contributed by atoms with Crippen LogP contribution in [0, 0.1) is 0 Å². The Morgan fingerprint density at radius 2 is 2.00 bits per heavy atom. The molecule has 1 aliphatic carbocycles. The fourth-order valence-corrected chi connectivity index (χ4v) is 4.33. The van der Waals surface area contributed by atoms with Crippen molar-refractivity contribution in [2.75, 3.05) is 19.7 Å². The molecule has 3 rings (SSSR count). The highest BCUT2D eigenvalue weighted by molar-refractivity contribution is 7.14. The van der Waals surface area contributed by atoms with Crippen LogP contribution in [0.2, 0.25) is 0 Å². The maximum Gasteiger partial charge on any atom is 0.264 e. The van der Waals surface area contributed by atoms with Crippen LogP contribution in [-0.2, 0) is 22.4 Å². The van der Waals surface area contributed by atoms with E-state index >= 15 is 0 Å². The van der Waals surface area contributed by atoms with Crippen LogP contribution < -0.4 is 5.73 Å². The number of primary amides is 1. The maximum absolute atomic E-state index is 12.7. The maximum atomic E-state index is 12.7. The molecule has 22 heavy (non-hydrogen) atoms. The zero-order valence-electron chi connectivity index (χ0n) is 12.7. The second kappa shape index (κ2) is 6.79. The summed E-state index contributed by atoms with van der Waals surface area (Å²) in [4.78, 5) is 27.8. The molecule has 1 atom stereocenters. The number of hydrogen-bond acceptors (Lipinski definition) is 4. The van der Waals surface area contributed by atoms with E-state index in [1.165, 1.54) is 36.1 Å². The Kier molecular flexibility index (Phi) is 4.78. The summed E-state index contributed by atoms with van der Waals surface area (Å²) in [5.41, 5.74) is 6.62. The standard InChI is InChI=1S/C16H22N2O3S/c17-15(19)12-10-18(7-8-21-12)16(20)14-9-11-5-3-1-2-4-6-13(11)22-14/h9,12H,1-8,10H2,(H2,17,19)/t12-/m0/s1. The fraction of sp³-hybridized carbons (Fsp3) is 0.625. The van der Waals surface area contributed by atoms with E-state index in [1.54, 1.807) is 16.2 Å². The van der Waals surface area contributed by atoms with Crippen molar-refractivity contribution in [2.45, 2.75) is 44.6 Å². The second-order valence-electron chi connectivity index (χ2n) is 5.99. The van der Waals surface area contributed by atoms with Gasteiger partial charge < -0.3 is 15.4 Å². The summed E-state index contributed by atoms with van der Waals surface area (Å²) in [5, 5.41) is 0. The molecular formula is C16H22N2O3S. The normalized spacial score (nSPS) is 22.5. The summed E-state index contributed by atoms with van der Waals surface area (Å²) >= 11 is 1.62. The summed E-state index contributed by atoms with van der Waals surface area (Å²) < 4.78 is 5.30. The average Bonchev–Trinajstić information content (AvgIpc) is 2.89. The van der Waals surface area contributed by atoms with Crippen molar-refractivity contribution in [1.82, 2.24) is 4.90 Å². The van der Waals surface area contributed by atoms with Crippen molar-refractivity contribution in [2.24, 2.45) is 5.73 Å². The highest BCUT2D eigenvalue weighted by Crippen LogP contribution is 2.29. The van der Waals surface area contributed by atoms with Crippen molar-refractivity contribution < 1.29 is 14.3 Å². The molecule has 1 aliphatic heterocycles. The predicted octanol–water partition coefficient (Wildman–Crippen LogP) is 1.73. The molecule has 2 amide bonds. The van der Waals surface area contributed by atoms with E-state index < -0.39 is 12.0 Å². The predicted molar refractivity (Wildman–Crippen MR) is 85.0 cm³/mol. The van der Waals surface area contributed by atoms with E-state index in [0.29, 0.717) is 13.2 Å². The smallest absolute Gasteiger partial charge is 0.264 e. The molecule has 5 nitrogen and oxygen atoms in total. The first kappa shape index (κ1) is 15.5.